The van der Waals surface area contributed by atoms with E-state index in [1.807, 2.05) is 26.0 Å². The van der Waals surface area contributed by atoms with Gasteiger partial charge in [-0.2, -0.15) is 0 Å². The lowest BCUT2D eigenvalue weighted by atomic mass is 10.1. The van der Waals surface area contributed by atoms with E-state index in [0.717, 1.165) is 5.56 Å². The van der Waals surface area contributed by atoms with Gasteiger partial charge in [-0.25, -0.2) is 0 Å². The number of rotatable bonds is 0. The zero-order chi connectivity index (χ0) is 7.56. The molecule has 0 radical (unpaired) electrons. The van der Waals surface area contributed by atoms with Gasteiger partial charge in [-0.05, 0) is 13.8 Å². The highest BCUT2D eigenvalue weighted by Gasteiger charge is 1.83. The molecule has 0 bridgehead atoms. The van der Waals surface area contributed by atoms with Gasteiger partial charge in [0.05, 0.1) is 0 Å². The first kappa shape index (κ1) is 6.89. The molecule has 0 heteroatoms. The first-order valence-electron chi connectivity index (χ1n) is 3.23. The van der Waals surface area contributed by atoms with Gasteiger partial charge >= 0.3 is 0 Å². The van der Waals surface area contributed by atoms with Crippen LogP contribution in [0.25, 0.3) is 0 Å². The Balaban J connectivity index is 3.22. The summed E-state index contributed by atoms with van der Waals surface area (Å²) in [4.78, 5) is 0. The first-order chi connectivity index (χ1) is 4.72. The van der Waals surface area contributed by atoms with Crippen LogP contribution in [-0.2, 0) is 0 Å². The predicted octanol–water partition coefficient (Wildman–Crippen LogP) is 2.24. The lowest BCUT2D eigenvalue weighted by Gasteiger charge is -2.03. The van der Waals surface area contributed by atoms with Crippen molar-refractivity contribution in [1.29, 1.82) is 0 Å². The topological polar surface area (TPSA) is 0 Å². The molecule has 1 aromatic rings. The highest BCUT2D eigenvalue weighted by molar-refractivity contribution is 5.37. The van der Waals surface area contributed by atoms with Crippen molar-refractivity contribution >= 4 is 0 Å². The summed E-state index contributed by atoms with van der Waals surface area (Å²) >= 11 is 0. The average molecular weight is 129 g/mol. The lowest BCUT2D eigenvalue weighted by molar-refractivity contribution is 1.37. The highest BCUT2D eigenvalue weighted by Crippen LogP contribution is 2.06. The molecule has 0 saturated carbocycles. The third-order valence-electron chi connectivity index (χ3n) is 1.37. The second-order valence-electron chi connectivity index (χ2n) is 2.50. The smallest absolute Gasteiger partial charge is 0.0412 e. The van der Waals surface area contributed by atoms with Crippen LogP contribution in [0.4, 0.5) is 0 Å². The molecule has 0 N–H and O–H groups in total. The largest absolute Gasteiger partial charge is 0.366 e. The minimum atomic E-state index is 0.859. The highest BCUT2D eigenvalue weighted by atomic mass is 13.9. The maximum Gasteiger partial charge on any atom is -0.0412 e. The third-order valence-corrected chi connectivity index (χ3v) is 1.37. The van der Waals surface area contributed by atoms with Crippen molar-refractivity contribution in [3.05, 3.63) is 41.3 Å². The van der Waals surface area contributed by atoms with Crippen molar-refractivity contribution in [3.8, 4) is 5.92 Å². The molecule has 0 aliphatic rings. The molecule has 0 aromatic heterocycles. The van der Waals surface area contributed by atoms with Crippen molar-refractivity contribution in [3.63, 3.8) is 0 Å². The molecular weight excluding hydrogens is 120 g/mol. The molecule has 0 spiro atoms. The van der Waals surface area contributed by atoms with E-state index in [4.69, 9.17) is 6.42 Å². The Labute approximate surface area is 61.9 Å². The van der Waals surface area contributed by atoms with Crippen LogP contribution in [0.2, 0.25) is 0 Å². The Morgan fingerprint density at radius 1 is 1.10 bits per heavy atom. The quantitative estimate of drug-likeness (QED) is 0.372. The summed E-state index contributed by atoms with van der Waals surface area (Å²) in [5.74, 6) is 2.36. The van der Waals surface area contributed by atoms with Crippen molar-refractivity contribution in [2.75, 3.05) is 0 Å². The van der Waals surface area contributed by atoms with Gasteiger partial charge in [-0.3, -0.25) is 5.92 Å². The molecule has 0 aliphatic heterocycles. The molecule has 0 fully saturated rings. The minimum absolute atomic E-state index is 0.859. The van der Waals surface area contributed by atoms with Crippen LogP contribution in [0, 0.1) is 26.2 Å². The van der Waals surface area contributed by atoms with Gasteiger partial charge < -0.3 is 6.42 Å². The molecule has 0 amide bonds. The molecule has 0 heterocycles. The van der Waals surface area contributed by atoms with Gasteiger partial charge in [0.2, 0.25) is 0 Å². The monoisotopic (exact) mass is 129 g/mol. The Hall–Kier alpha value is -1.22. The van der Waals surface area contributed by atoms with Crippen molar-refractivity contribution in [1.82, 2.24) is 0 Å². The molecule has 0 aliphatic carbocycles. The number of aryl methyl sites for hydroxylation is 2. The fourth-order valence-electron chi connectivity index (χ4n) is 1.05. The van der Waals surface area contributed by atoms with E-state index in [2.05, 4.69) is 12.0 Å². The maximum atomic E-state index is 6.89. The van der Waals surface area contributed by atoms with Crippen LogP contribution in [0.1, 0.15) is 16.7 Å². The van der Waals surface area contributed by atoms with Gasteiger partial charge in [0.15, 0.2) is 0 Å². The molecule has 0 atom stereocenters. The fourth-order valence-corrected chi connectivity index (χ4v) is 1.05. The van der Waals surface area contributed by atoms with Gasteiger partial charge in [-0.15, -0.1) is 17.7 Å². The maximum absolute atomic E-state index is 6.89. The summed E-state index contributed by atoms with van der Waals surface area (Å²) < 4.78 is 0. The van der Waals surface area contributed by atoms with E-state index in [-0.39, 0.29) is 0 Å². The van der Waals surface area contributed by atoms with E-state index in [1.165, 1.54) is 11.1 Å². The van der Waals surface area contributed by atoms with Crippen LogP contribution in [-0.4, -0.2) is 0 Å². The zero-order valence-corrected chi connectivity index (χ0v) is 6.23. The van der Waals surface area contributed by atoms with E-state index in [9.17, 15) is 0 Å². The van der Waals surface area contributed by atoms with Crippen LogP contribution in [0.15, 0.2) is 18.2 Å². The summed E-state index contributed by atoms with van der Waals surface area (Å²) in [6.45, 7) is 4.04. The minimum Gasteiger partial charge on any atom is -0.366 e. The third kappa shape index (κ3) is 1.39. The molecule has 0 nitrogen and oxygen atoms in total. The van der Waals surface area contributed by atoms with E-state index >= 15 is 0 Å². The van der Waals surface area contributed by atoms with Crippen molar-refractivity contribution in [2.24, 2.45) is 0 Å². The van der Waals surface area contributed by atoms with Crippen molar-refractivity contribution < 1.29 is 0 Å². The molecule has 0 unspecified atom stereocenters. The standard InChI is InChI=1S/C10H9/c1-4-10-6-8(2)5-9(3)7-10/h5-7H,2-3H3/q-1. The van der Waals surface area contributed by atoms with Crippen LogP contribution in [0.5, 0.6) is 0 Å². The Bertz CT molecular complexity index is 256. The number of hydrogen-bond acceptors (Lipinski definition) is 0. The van der Waals surface area contributed by atoms with E-state index in [0.29, 0.717) is 0 Å². The van der Waals surface area contributed by atoms with Gasteiger partial charge in [-0.1, -0.05) is 17.2 Å². The molecule has 1 aromatic carbocycles. The average Bonchev–Trinajstić information content (AvgIpc) is 1.85. The van der Waals surface area contributed by atoms with Gasteiger partial charge in [0.25, 0.3) is 0 Å². The lowest BCUT2D eigenvalue weighted by Crippen LogP contribution is -1.79. The number of benzene rings is 1. The Kier molecular flexibility index (Phi) is 1.78. The summed E-state index contributed by atoms with van der Waals surface area (Å²) in [6, 6.07) is 5.97. The van der Waals surface area contributed by atoms with Gasteiger partial charge in [0, 0.05) is 0 Å². The zero-order valence-electron chi connectivity index (χ0n) is 6.23. The summed E-state index contributed by atoms with van der Waals surface area (Å²) in [7, 11) is 0. The second-order valence-corrected chi connectivity index (χ2v) is 2.50. The number of hydrogen-bond donors (Lipinski definition) is 0. The fraction of sp³-hybridized carbons (Fsp3) is 0.200. The Morgan fingerprint density at radius 2 is 1.60 bits per heavy atom. The van der Waals surface area contributed by atoms with Crippen LogP contribution < -0.4 is 0 Å². The molecule has 0 saturated heterocycles. The van der Waals surface area contributed by atoms with Crippen molar-refractivity contribution in [2.45, 2.75) is 13.8 Å². The molecule has 1 rings (SSSR count). The first-order valence-corrected chi connectivity index (χ1v) is 3.23. The predicted molar refractivity (Wildman–Crippen MR) is 42.1 cm³/mol. The summed E-state index contributed by atoms with van der Waals surface area (Å²) in [6.07, 6.45) is 6.89. The summed E-state index contributed by atoms with van der Waals surface area (Å²) in [5.41, 5.74) is 3.24. The van der Waals surface area contributed by atoms with E-state index < -0.39 is 0 Å². The van der Waals surface area contributed by atoms with Gasteiger partial charge in [0.1, 0.15) is 0 Å². The molecule has 50 valence electrons. The second kappa shape index (κ2) is 2.58. The molecule has 10 heavy (non-hydrogen) atoms. The summed E-state index contributed by atoms with van der Waals surface area (Å²) in [5, 5.41) is 0. The Morgan fingerprint density at radius 3 is 2.00 bits per heavy atom. The SMILES string of the molecule is [C-]#Cc1cc(C)cc(C)c1. The van der Waals surface area contributed by atoms with Crippen LogP contribution in [0.3, 0.4) is 0 Å². The van der Waals surface area contributed by atoms with E-state index in [1.54, 1.807) is 0 Å². The van der Waals surface area contributed by atoms with Crippen LogP contribution >= 0.6 is 0 Å². The normalized spacial score (nSPS) is 8.90. The molecular formula is C10H9-.